The van der Waals surface area contributed by atoms with Crippen molar-refractivity contribution in [3.63, 3.8) is 0 Å². The molecule has 0 amide bonds. The van der Waals surface area contributed by atoms with E-state index in [0.29, 0.717) is 5.82 Å². The Hall–Kier alpha value is -1.39. The number of ether oxygens (including phenoxy) is 1. The van der Waals surface area contributed by atoms with Crippen LogP contribution in [0, 0.1) is 0 Å². The van der Waals surface area contributed by atoms with Gasteiger partial charge in [0.25, 0.3) is 0 Å². The predicted octanol–water partition coefficient (Wildman–Crippen LogP) is 0.572. The van der Waals surface area contributed by atoms with Gasteiger partial charge in [0.2, 0.25) is 0 Å². The third kappa shape index (κ3) is 1.20. The predicted molar refractivity (Wildman–Crippen MR) is 48.7 cm³/mol. The minimum Gasteiger partial charge on any atom is -0.468 e. The van der Waals surface area contributed by atoms with Gasteiger partial charge in [0.15, 0.2) is 5.82 Å². The number of hydrogen-bond donors (Lipinski definition) is 1. The van der Waals surface area contributed by atoms with Crippen molar-refractivity contribution in [1.82, 2.24) is 15.2 Å². The standard InChI is InChI=1S/C9H13N3O2/c1-3-6-10-7(12-11-6)9(4-5-9)8(13)14-2/h3-5H2,1-2H3,(H,10,11,12). The number of H-pyrrole nitrogens is 1. The number of nitrogens with one attached hydrogen (secondary N) is 1. The van der Waals surface area contributed by atoms with E-state index in [1.165, 1.54) is 7.11 Å². The average molecular weight is 195 g/mol. The minimum absolute atomic E-state index is 0.223. The quantitative estimate of drug-likeness (QED) is 0.716. The normalized spacial score (nSPS) is 17.9. The summed E-state index contributed by atoms with van der Waals surface area (Å²) in [4.78, 5) is 15.7. The largest absolute Gasteiger partial charge is 0.468 e. The summed E-state index contributed by atoms with van der Waals surface area (Å²) < 4.78 is 4.74. The molecule has 0 saturated heterocycles. The zero-order valence-electron chi connectivity index (χ0n) is 8.33. The lowest BCUT2D eigenvalue weighted by atomic mass is 10.1. The van der Waals surface area contributed by atoms with E-state index < -0.39 is 5.41 Å². The van der Waals surface area contributed by atoms with Gasteiger partial charge in [-0.1, -0.05) is 6.92 Å². The first-order valence-electron chi connectivity index (χ1n) is 4.73. The molecule has 0 bridgehead atoms. The molecule has 1 fully saturated rings. The van der Waals surface area contributed by atoms with E-state index in [-0.39, 0.29) is 5.97 Å². The summed E-state index contributed by atoms with van der Waals surface area (Å²) in [5, 5.41) is 6.86. The highest BCUT2D eigenvalue weighted by atomic mass is 16.5. The maximum atomic E-state index is 11.5. The Kier molecular flexibility index (Phi) is 2.02. The maximum Gasteiger partial charge on any atom is 0.319 e. The van der Waals surface area contributed by atoms with Gasteiger partial charge in [-0.2, -0.15) is 5.10 Å². The molecular weight excluding hydrogens is 182 g/mol. The summed E-state index contributed by atoms with van der Waals surface area (Å²) in [7, 11) is 1.40. The molecule has 5 heteroatoms. The van der Waals surface area contributed by atoms with Crippen LogP contribution in [-0.4, -0.2) is 28.3 Å². The van der Waals surface area contributed by atoms with Crippen LogP contribution in [0.1, 0.15) is 31.4 Å². The number of aromatic nitrogens is 3. The van der Waals surface area contributed by atoms with Crippen LogP contribution in [-0.2, 0) is 21.4 Å². The minimum atomic E-state index is -0.543. The second-order valence-corrected chi connectivity index (χ2v) is 3.53. The lowest BCUT2D eigenvalue weighted by Crippen LogP contribution is -2.23. The van der Waals surface area contributed by atoms with Crippen LogP contribution in [0.25, 0.3) is 0 Å². The zero-order chi connectivity index (χ0) is 10.2. The molecule has 0 spiro atoms. The van der Waals surface area contributed by atoms with Gasteiger partial charge in [-0.05, 0) is 12.8 Å². The molecule has 5 nitrogen and oxygen atoms in total. The Balaban J connectivity index is 2.26. The zero-order valence-corrected chi connectivity index (χ0v) is 8.33. The van der Waals surface area contributed by atoms with Gasteiger partial charge in [0.1, 0.15) is 11.2 Å². The molecule has 0 aliphatic heterocycles. The highest BCUT2D eigenvalue weighted by Crippen LogP contribution is 2.47. The maximum absolute atomic E-state index is 11.5. The lowest BCUT2D eigenvalue weighted by Gasteiger charge is -2.06. The summed E-state index contributed by atoms with van der Waals surface area (Å²) in [5.41, 5.74) is -0.543. The number of aromatic amines is 1. The van der Waals surface area contributed by atoms with Crippen molar-refractivity contribution in [2.75, 3.05) is 7.11 Å². The second-order valence-electron chi connectivity index (χ2n) is 3.53. The molecule has 0 unspecified atom stereocenters. The first-order chi connectivity index (χ1) is 6.73. The van der Waals surface area contributed by atoms with Gasteiger partial charge in [-0.15, -0.1) is 0 Å². The molecule has 0 radical (unpaired) electrons. The Morgan fingerprint density at radius 3 is 2.79 bits per heavy atom. The van der Waals surface area contributed by atoms with Crippen LogP contribution in [0.2, 0.25) is 0 Å². The Bertz CT molecular complexity index is 355. The van der Waals surface area contributed by atoms with Crippen LogP contribution < -0.4 is 0 Å². The topological polar surface area (TPSA) is 67.9 Å². The van der Waals surface area contributed by atoms with Gasteiger partial charge in [0.05, 0.1) is 7.11 Å². The molecule has 14 heavy (non-hydrogen) atoms. The van der Waals surface area contributed by atoms with Gasteiger partial charge in [0, 0.05) is 6.42 Å². The summed E-state index contributed by atoms with van der Waals surface area (Å²) >= 11 is 0. The van der Waals surface area contributed by atoms with E-state index in [1.54, 1.807) is 0 Å². The SMILES string of the molecule is CCc1nc(C2(C(=O)OC)CC2)n[nH]1. The van der Waals surface area contributed by atoms with Crippen LogP contribution in [0.5, 0.6) is 0 Å². The fourth-order valence-electron chi connectivity index (χ4n) is 1.51. The molecule has 2 rings (SSSR count). The average Bonchev–Trinajstić information content (AvgIpc) is 2.89. The molecule has 1 heterocycles. The number of nitrogens with zero attached hydrogens (tertiary/aromatic N) is 2. The fourth-order valence-corrected chi connectivity index (χ4v) is 1.51. The van der Waals surface area contributed by atoms with Crippen molar-refractivity contribution in [3.8, 4) is 0 Å². The summed E-state index contributed by atoms with van der Waals surface area (Å²) in [6, 6.07) is 0. The number of rotatable bonds is 3. The van der Waals surface area contributed by atoms with Gasteiger partial charge in [-0.25, -0.2) is 4.98 Å². The summed E-state index contributed by atoms with van der Waals surface area (Å²) in [6.07, 6.45) is 2.38. The third-order valence-electron chi connectivity index (χ3n) is 2.62. The smallest absolute Gasteiger partial charge is 0.319 e. The highest BCUT2D eigenvalue weighted by molar-refractivity contribution is 5.85. The van der Waals surface area contributed by atoms with Crippen molar-refractivity contribution in [3.05, 3.63) is 11.6 Å². The number of methoxy groups -OCH3 is 1. The van der Waals surface area contributed by atoms with Gasteiger partial charge < -0.3 is 4.74 Å². The van der Waals surface area contributed by atoms with Crippen molar-refractivity contribution >= 4 is 5.97 Å². The number of hydrogen-bond acceptors (Lipinski definition) is 4. The molecule has 1 N–H and O–H groups in total. The van der Waals surface area contributed by atoms with E-state index in [2.05, 4.69) is 15.2 Å². The highest BCUT2D eigenvalue weighted by Gasteiger charge is 2.55. The Labute approximate surface area is 81.9 Å². The van der Waals surface area contributed by atoms with Crippen molar-refractivity contribution in [2.24, 2.45) is 0 Å². The molecule has 1 aromatic rings. The van der Waals surface area contributed by atoms with Crippen LogP contribution >= 0.6 is 0 Å². The summed E-state index contributed by atoms with van der Waals surface area (Å²) in [5.74, 6) is 1.18. The first-order valence-corrected chi connectivity index (χ1v) is 4.73. The number of esters is 1. The molecular formula is C9H13N3O2. The van der Waals surface area contributed by atoms with E-state index in [0.717, 1.165) is 25.1 Å². The molecule has 1 aliphatic rings. The fraction of sp³-hybridized carbons (Fsp3) is 0.667. The number of aryl methyl sites for hydroxylation is 1. The van der Waals surface area contributed by atoms with Gasteiger partial charge in [-0.3, -0.25) is 9.89 Å². The van der Waals surface area contributed by atoms with Crippen LogP contribution in [0.4, 0.5) is 0 Å². The van der Waals surface area contributed by atoms with Crippen LogP contribution in [0.15, 0.2) is 0 Å². The van der Waals surface area contributed by atoms with E-state index in [9.17, 15) is 4.79 Å². The molecule has 1 aliphatic carbocycles. The van der Waals surface area contributed by atoms with Crippen molar-refractivity contribution < 1.29 is 9.53 Å². The van der Waals surface area contributed by atoms with Crippen molar-refractivity contribution in [2.45, 2.75) is 31.6 Å². The van der Waals surface area contributed by atoms with Gasteiger partial charge >= 0.3 is 5.97 Å². The molecule has 76 valence electrons. The van der Waals surface area contributed by atoms with Crippen LogP contribution in [0.3, 0.4) is 0 Å². The number of carbonyl (C=O) groups is 1. The molecule has 0 atom stereocenters. The number of carbonyl (C=O) groups excluding carboxylic acids is 1. The van der Waals surface area contributed by atoms with E-state index in [1.807, 2.05) is 6.92 Å². The first kappa shape index (κ1) is 9.18. The second kappa shape index (κ2) is 3.08. The summed E-state index contributed by atoms with van der Waals surface area (Å²) in [6.45, 7) is 1.99. The van der Waals surface area contributed by atoms with E-state index in [4.69, 9.17) is 4.74 Å². The lowest BCUT2D eigenvalue weighted by molar-refractivity contribution is -0.143. The Morgan fingerprint density at radius 1 is 1.64 bits per heavy atom. The molecule has 1 saturated carbocycles. The molecule has 0 aromatic carbocycles. The Morgan fingerprint density at radius 2 is 2.36 bits per heavy atom. The third-order valence-corrected chi connectivity index (χ3v) is 2.62. The van der Waals surface area contributed by atoms with Crippen molar-refractivity contribution in [1.29, 1.82) is 0 Å². The van der Waals surface area contributed by atoms with E-state index >= 15 is 0 Å². The molecule has 1 aromatic heterocycles. The monoisotopic (exact) mass is 195 g/mol.